The molecule has 3 nitrogen and oxygen atoms in total. The molecule has 0 radical (unpaired) electrons. The lowest BCUT2D eigenvalue weighted by Crippen LogP contribution is -2.32. The molecule has 1 N–H and O–H groups in total. The summed E-state index contributed by atoms with van der Waals surface area (Å²) in [6.45, 7) is 1.70. The van der Waals surface area contributed by atoms with E-state index in [-0.39, 0.29) is 12.5 Å². The van der Waals surface area contributed by atoms with E-state index in [0.717, 1.165) is 38.1 Å². The van der Waals surface area contributed by atoms with Gasteiger partial charge in [0.15, 0.2) is 11.6 Å². The Hall–Kier alpha value is -1.65. The van der Waals surface area contributed by atoms with Crippen molar-refractivity contribution in [1.82, 2.24) is 4.90 Å². The van der Waals surface area contributed by atoms with Crippen LogP contribution in [0.15, 0.2) is 18.2 Å². The Kier molecular flexibility index (Phi) is 3.56. The van der Waals surface area contributed by atoms with Gasteiger partial charge in [-0.1, -0.05) is 0 Å². The number of carbonyl (C=O) groups excluding carboxylic acids is 1. The Labute approximate surface area is 98.4 Å². The summed E-state index contributed by atoms with van der Waals surface area (Å²) in [6, 6.07) is 3.50. The van der Waals surface area contributed by atoms with Gasteiger partial charge in [-0.3, -0.25) is 4.79 Å². The smallest absolute Gasteiger partial charge is 0.241 e. The van der Waals surface area contributed by atoms with Gasteiger partial charge in [0.25, 0.3) is 0 Å². The first-order valence-corrected chi connectivity index (χ1v) is 5.63. The molecule has 0 aromatic heterocycles. The summed E-state index contributed by atoms with van der Waals surface area (Å²) in [5, 5.41) is 2.79. The fourth-order valence-electron chi connectivity index (χ4n) is 1.86. The summed E-state index contributed by atoms with van der Waals surface area (Å²) in [5.74, 6) is -1.81. The molecule has 0 bridgehead atoms. The van der Waals surface area contributed by atoms with Gasteiger partial charge >= 0.3 is 0 Å². The Morgan fingerprint density at radius 2 is 1.94 bits per heavy atom. The zero-order valence-corrected chi connectivity index (χ0v) is 9.38. The average Bonchev–Trinajstić information content (AvgIpc) is 2.84. The molecule has 0 saturated carbocycles. The highest BCUT2D eigenvalue weighted by Gasteiger charge is 2.17. The lowest BCUT2D eigenvalue weighted by Gasteiger charge is -2.15. The predicted octanol–water partition coefficient (Wildman–Crippen LogP) is 2.00. The van der Waals surface area contributed by atoms with Crippen LogP contribution in [0, 0.1) is 11.6 Å². The number of nitrogens with zero attached hydrogens (tertiary/aromatic N) is 1. The number of nitrogens with one attached hydrogen (secondary N) is 1. The van der Waals surface area contributed by atoms with Gasteiger partial charge < -0.3 is 10.2 Å². The van der Waals surface area contributed by atoms with Gasteiger partial charge in [0.1, 0.15) is 0 Å². The summed E-state index contributed by atoms with van der Waals surface area (Å²) in [5.41, 5.74) is 0.413. The summed E-state index contributed by atoms with van der Waals surface area (Å²) in [6.07, 6.45) is 2.08. The number of hydrogen-bond acceptors (Lipinski definition) is 2. The molecule has 0 spiro atoms. The molecule has 0 unspecified atom stereocenters. The number of hydrogen-bond donors (Lipinski definition) is 1. The van der Waals surface area contributed by atoms with Gasteiger partial charge in [0, 0.05) is 24.8 Å². The molecule has 1 aliphatic heterocycles. The molecular weight excluding hydrogens is 226 g/mol. The molecule has 0 atom stereocenters. The minimum atomic E-state index is -0.913. The van der Waals surface area contributed by atoms with Crippen molar-refractivity contribution in [2.45, 2.75) is 12.8 Å². The van der Waals surface area contributed by atoms with Crippen LogP contribution in [0.25, 0.3) is 0 Å². The van der Waals surface area contributed by atoms with E-state index in [4.69, 9.17) is 0 Å². The van der Waals surface area contributed by atoms with Crippen molar-refractivity contribution >= 4 is 11.6 Å². The van der Waals surface area contributed by atoms with Crippen molar-refractivity contribution in [3.8, 4) is 0 Å². The first-order valence-electron chi connectivity index (χ1n) is 5.63. The number of rotatable bonds is 3. The molecule has 5 heteroatoms. The van der Waals surface area contributed by atoms with E-state index < -0.39 is 11.6 Å². The second-order valence-corrected chi connectivity index (χ2v) is 4.07. The molecule has 0 aliphatic carbocycles. The van der Waals surface area contributed by atoms with E-state index in [0.29, 0.717) is 5.69 Å². The van der Waals surface area contributed by atoms with Gasteiger partial charge in [-0.25, -0.2) is 8.78 Å². The maximum absolute atomic E-state index is 12.9. The van der Waals surface area contributed by atoms with Crippen molar-refractivity contribution in [3.63, 3.8) is 0 Å². The van der Waals surface area contributed by atoms with E-state index in [9.17, 15) is 13.6 Å². The number of amides is 1. The van der Waals surface area contributed by atoms with Crippen LogP contribution < -0.4 is 5.32 Å². The Morgan fingerprint density at radius 3 is 2.59 bits per heavy atom. The molecule has 2 rings (SSSR count). The predicted molar refractivity (Wildman–Crippen MR) is 60.7 cm³/mol. The second-order valence-electron chi connectivity index (χ2n) is 4.07. The van der Waals surface area contributed by atoms with Crippen LogP contribution in [0.2, 0.25) is 0 Å². The number of benzene rings is 1. The molecule has 17 heavy (non-hydrogen) atoms. The van der Waals surface area contributed by atoms with Crippen LogP contribution in [0.5, 0.6) is 0 Å². The largest absolute Gasteiger partial charge is 0.376 e. The van der Waals surface area contributed by atoms with Crippen LogP contribution in [-0.2, 0) is 4.79 Å². The van der Waals surface area contributed by atoms with Gasteiger partial charge in [0.2, 0.25) is 5.91 Å². The van der Waals surface area contributed by atoms with E-state index >= 15 is 0 Å². The van der Waals surface area contributed by atoms with Gasteiger partial charge in [-0.15, -0.1) is 0 Å². The molecular formula is C12H14F2N2O. The van der Waals surface area contributed by atoms with E-state index in [1.54, 1.807) is 4.90 Å². The van der Waals surface area contributed by atoms with Crippen LogP contribution in [0.4, 0.5) is 14.5 Å². The van der Waals surface area contributed by atoms with Crippen LogP contribution >= 0.6 is 0 Å². The third-order valence-electron chi connectivity index (χ3n) is 2.82. The van der Waals surface area contributed by atoms with Crippen LogP contribution in [0.3, 0.4) is 0 Å². The molecule has 1 fully saturated rings. The highest BCUT2D eigenvalue weighted by molar-refractivity contribution is 5.81. The molecule has 1 aromatic carbocycles. The molecule has 1 amide bonds. The third kappa shape index (κ3) is 2.93. The number of anilines is 1. The average molecular weight is 240 g/mol. The Balaban J connectivity index is 1.88. The van der Waals surface area contributed by atoms with E-state index in [1.165, 1.54) is 6.07 Å². The third-order valence-corrected chi connectivity index (χ3v) is 2.82. The summed E-state index contributed by atoms with van der Waals surface area (Å²) < 4.78 is 25.6. The quantitative estimate of drug-likeness (QED) is 0.876. The molecule has 92 valence electrons. The monoisotopic (exact) mass is 240 g/mol. The maximum Gasteiger partial charge on any atom is 0.241 e. The standard InChI is InChI=1S/C12H14F2N2O/c13-10-4-3-9(7-11(10)14)15-8-12(17)16-5-1-2-6-16/h3-4,7,15H,1-2,5-6,8H2. The van der Waals surface area contributed by atoms with Crippen molar-refractivity contribution in [2.24, 2.45) is 0 Å². The van der Waals surface area contributed by atoms with Crippen molar-refractivity contribution in [2.75, 3.05) is 25.0 Å². The SMILES string of the molecule is O=C(CNc1ccc(F)c(F)c1)N1CCCC1. The maximum atomic E-state index is 12.9. The zero-order valence-electron chi connectivity index (χ0n) is 9.38. The number of halogens is 2. The minimum absolute atomic E-state index is 0.00719. The van der Waals surface area contributed by atoms with Gasteiger partial charge in [-0.05, 0) is 25.0 Å². The summed E-state index contributed by atoms with van der Waals surface area (Å²) in [4.78, 5) is 13.4. The first-order chi connectivity index (χ1) is 8.16. The molecule has 1 aromatic rings. The second kappa shape index (κ2) is 5.12. The Morgan fingerprint density at radius 1 is 1.24 bits per heavy atom. The van der Waals surface area contributed by atoms with Gasteiger partial charge in [0.05, 0.1) is 6.54 Å². The molecule has 1 aliphatic rings. The normalized spacial score (nSPS) is 15.1. The Bertz CT molecular complexity index is 417. The molecule has 1 heterocycles. The van der Waals surface area contributed by atoms with Crippen molar-refractivity contribution < 1.29 is 13.6 Å². The summed E-state index contributed by atoms with van der Waals surface area (Å²) in [7, 11) is 0. The topological polar surface area (TPSA) is 32.3 Å². The lowest BCUT2D eigenvalue weighted by atomic mass is 10.3. The molecule has 1 saturated heterocycles. The van der Waals surface area contributed by atoms with Crippen LogP contribution in [0.1, 0.15) is 12.8 Å². The lowest BCUT2D eigenvalue weighted by molar-refractivity contribution is -0.128. The highest BCUT2D eigenvalue weighted by atomic mass is 19.2. The van der Waals surface area contributed by atoms with Gasteiger partial charge in [-0.2, -0.15) is 0 Å². The van der Waals surface area contributed by atoms with E-state index in [2.05, 4.69) is 5.32 Å². The highest BCUT2D eigenvalue weighted by Crippen LogP contribution is 2.13. The van der Waals surface area contributed by atoms with E-state index in [1.807, 2.05) is 0 Å². The van der Waals surface area contributed by atoms with Crippen LogP contribution in [-0.4, -0.2) is 30.4 Å². The minimum Gasteiger partial charge on any atom is -0.376 e. The summed E-state index contributed by atoms with van der Waals surface area (Å²) >= 11 is 0. The first kappa shape index (κ1) is 11.8. The number of carbonyl (C=O) groups is 1. The zero-order chi connectivity index (χ0) is 12.3. The fraction of sp³-hybridized carbons (Fsp3) is 0.417. The fourth-order valence-corrected chi connectivity index (χ4v) is 1.86. The van der Waals surface area contributed by atoms with Crippen molar-refractivity contribution in [1.29, 1.82) is 0 Å². The van der Waals surface area contributed by atoms with Crippen molar-refractivity contribution in [3.05, 3.63) is 29.8 Å². The number of likely N-dealkylation sites (tertiary alicyclic amines) is 1.